The number of benzene rings is 3. The molecule has 4 aromatic rings. The fourth-order valence-corrected chi connectivity index (χ4v) is 4.84. The Labute approximate surface area is 221 Å². The highest BCUT2D eigenvalue weighted by molar-refractivity contribution is 6.33. The van der Waals surface area contributed by atoms with E-state index in [-0.39, 0.29) is 11.8 Å². The maximum Gasteiger partial charge on any atom is 0.253 e. The van der Waals surface area contributed by atoms with Crippen LogP contribution in [0.2, 0.25) is 5.02 Å². The molecule has 8 heteroatoms. The Morgan fingerprint density at radius 2 is 1.81 bits per heavy atom. The molecule has 0 saturated carbocycles. The Kier molecular flexibility index (Phi) is 7.35. The van der Waals surface area contributed by atoms with Crippen LogP contribution < -0.4 is 16.0 Å². The van der Waals surface area contributed by atoms with E-state index < -0.39 is 0 Å². The second kappa shape index (κ2) is 11.0. The van der Waals surface area contributed by atoms with Crippen LogP contribution in [0.3, 0.4) is 0 Å². The smallest absolute Gasteiger partial charge is 0.253 e. The molecule has 0 aliphatic carbocycles. The SMILES string of the molecule is CNC(=O)c1ccccc1Nc1nc(Nc2ccc3c(c2)C(c2ccccc2)CN(C)CC3)ncc1Cl. The van der Waals surface area contributed by atoms with Crippen LogP contribution in [0.5, 0.6) is 0 Å². The van der Waals surface area contributed by atoms with Crippen molar-refractivity contribution >= 4 is 40.6 Å². The van der Waals surface area contributed by atoms with E-state index in [9.17, 15) is 4.79 Å². The maximum atomic E-state index is 12.3. The van der Waals surface area contributed by atoms with E-state index in [0.29, 0.717) is 28.0 Å². The summed E-state index contributed by atoms with van der Waals surface area (Å²) in [4.78, 5) is 23.7. The fourth-order valence-electron chi connectivity index (χ4n) is 4.70. The van der Waals surface area contributed by atoms with Gasteiger partial charge in [-0.3, -0.25) is 4.79 Å². The molecule has 0 spiro atoms. The van der Waals surface area contributed by atoms with Crippen LogP contribution in [0, 0.1) is 0 Å². The molecule has 7 nitrogen and oxygen atoms in total. The van der Waals surface area contributed by atoms with Crippen molar-refractivity contribution in [1.29, 1.82) is 0 Å². The molecule has 3 N–H and O–H groups in total. The summed E-state index contributed by atoms with van der Waals surface area (Å²) in [6.45, 7) is 1.98. The zero-order valence-electron chi connectivity index (χ0n) is 20.8. The van der Waals surface area contributed by atoms with Crippen molar-refractivity contribution < 1.29 is 4.79 Å². The number of anilines is 4. The van der Waals surface area contributed by atoms with Gasteiger partial charge in [-0.2, -0.15) is 4.98 Å². The summed E-state index contributed by atoms with van der Waals surface area (Å²) in [5.74, 6) is 0.894. The van der Waals surface area contributed by atoms with Crippen molar-refractivity contribution in [3.8, 4) is 0 Å². The molecule has 2 heterocycles. The Bertz CT molecular complexity index is 1410. The fraction of sp³-hybridized carbons (Fsp3) is 0.207. The number of hydrogen-bond donors (Lipinski definition) is 3. The number of rotatable bonds is 6. The number of hydrogen-bond acceptors (Lipinski definition) is 6. The number of aromatic nitrogens is 2. The summed E-state index contributed by atoms with van der Waals surface area (Å²) in [5.41, 5.74) is 5.98. The van der Waals surface area contributed by atoms with E-state index >= 15 is 0 Å². The van der Waals surface area contributed by atoms with Gasteiger partial charge < -0.3 is 20.9 Å². The van der Waals surface area contributed by atoms with Crippen molar-refractivity contribution in [2.45, 2.75) is 12.3 Å². The quantitative estimate of drug-likeness (QED) is 0.312. The molecule has 37 heavy (non-hydrogen) atoms. The summed E-state index contributed by atoms with van der Waals surface area (Å²) in [5, 5.41) is 9.54. The average Bonchev–Trinajstić information content (AvgIpc) is 3.09. The first-order chi connectivity index (χ1) is 18.0. The predicted molar refractivity (Wildman–Crippen MR) is 149 cm³/mol. The van der Waals surface area contributed by atoms with E-state index in [2.05, 4.69) is 86.4 Å². The Morgan fingerprint density at radius 3 is 2.62 bits per heavy atom. The lowest BCUT2D eigenvalue weighted by Gasteiger charge is -2.22. The molecule has 3 aromatic carbocycles. The lowest BCUT2D eigenvalue weighted by Crippen LogP contribution is -2.24. The molecule has 1 atom stereocenters. The third-order valence-corrected chi connectivity index (χ3v) is 6.91. The van der Waals surface area contributed by atoms with Crippen molar-refractivity contribution in [1.82, 2.24) is 20.2 Å². The molecule has 0 bridgehead atoms. The minimum atomic E-state index is -0.199. The van der Waals surface area contributed by atoms with Gasteiger partial charge in [0.25, 0.3) is 5.91 Å². The summed E-state index contributed by atoms with van der Waals surface area (Å²) >= 11 is 6.41. The first-order valence-electron chi connectivity index (χ1n) is 12.3. The van der Waals surface area contributed by atoms with Crippen LogP contribution in [-0.2, 0) is 6.42 Å². The number of carbonyl (C=O) groups is 1. The van der Waals surface area contributed by atoms with Crippen LogP contribution >= 0.6 is 11.6 Å². The predicted octanol–water partition coefficient (Wildman–Crippen LogP) is 5.60. The third-order valence-electron chi connectivity index (χ3n) is 6.63. The second-order valence-electron chi connectivity index (χ2n) is 9.15. The average molecular weight is 513 g/mol. The number of nitrogens with zero attached hydrogens (tertiary/aromatic N) is 3. The first-order valence-corrected chi connectivity index (χ1v) is 12.6. The van der Waals surface area contributed by atoms with Crippen molar-refractivity contribution in [3.05, 3.63) is 106 Å². The molecular formula is C29H29ClN6O. The normalized spacial score (nSPS) is 15.4. The Balaban J connectivity index is 1.44. The lowest BCUT2D eigenvalue weighted by molar-refractivity contribution is 0.0964. The van der Waals surface area contributed by atoms with Crippen LogP contribution in [0.25, 0.3) is 0 Å². The van der Waals surface area contributed by atoms with Gasteiger partial charge in [0.05, 0.1) is 17.4 Å². The minimum Gasteiger partial charge on any atom is -0.355 e. The topological polar surface area (TPSA) is 82.2 Å². The second-order valence-corrected chi connectivity index (χ2v) is 9.56. The van der Waals surface area contributed by atoms with Crippen LogP contribution in [0.4, 0.5) is 23.1 Å². The molecule has 1 unspecified atom stereocenters. The highest BCUT2D eigenvalue weighted by atomic mass is 35.5. The lowest BCUT2D eigenvalue weighted by atomic mass is 9.87. The molecule has 1 aliphatic heterocycles. The van der Waals surface area contributed by atoms with Gasteiger partial charge in [0, 0.05) is 31.7 Å². The van der Waals surface area contributed by atoms with Gasteiger partial charge in [0.1, 0.15) is 5.02 Å². The van der Waals surface area contributed by atoms with Crippen molar-refractivity contribution in [2.75, 3.05) is 37.8 Å². The number of carbonyl (C=O) groups excluding carboxylic acids is 1. The number of amides is 1. The number of nitrogens with one attached hydrogen (secondary N) is 3. The molecule has 188 valence electrons. The first kappa shape index (κ1) is 24.7. The molecule has 1 aliphatic rings. The number of fused-ring (bicyclic) bond motifs is 1. The molecule has 1 aromatic heterocycles. The molecule has 1 amide bonds. The number of likely N-dealkylation sites (N-methyl/N-ethyl adjacent to an activating group) is 1. The largest absolute Gasteiger partial charge is 0.355 e. The Hall–Kier alpha value is -3.94. The van der Waals surface area contributed by atoms with E-state index in [1.807, 2.05) is 18.2 Å². The molecular weight excluding hydrogens is 484 g/mol. The van der Waals surface area contributed by atoms with Crippen molar-refractivity contribution in [3.63, 3.8) is 0 Å². The van der Waals surface area contributed by atoms with Crippen LogP contribution in [0.1, 0.15) is 33.0 Å². The standard InChI is InChI=1S/C29H29ClN6O/c1-31-28(37)22-10-6-7-11-26(22)34-27-25(30)17-32-29(35-27)33-21-13-12-20-14-15-36(2)18-24(23(20)16-21)19-8-4-3-5-9-19/h3-13,16-17,24H,14-15,18H2,1-2H3,(H,31,37)(H2,32,33,34,35). The monoisotopic (exact) mass is 512 g/mol. The van der Waals surface area contributed by atoms with Gasteiger partial charge in [-0.25, -0.2) is 4.98 Å². The zero-order chi connectivity index (χ0) is 25.8. The third kappa shape index (κ3) is 5.58. The number of para-hydroxylation sites is 1. The van der Waals surface area contributed by atoms with Gasteiger partial charge >= 0.3 is 0 Å². The zero-order valence-corrected chi connectivity index (χ0v) is 21.6. The molecule has 0 saturated heterocycles. The summed E-state index contributed by atoms with van der Waals surface area (Å²) in [7, 11) is 3.78. The highest BCUT2D eigenvalue weighted by Gasteiger charge is 2.23. The molecule has 5 rings (SSSR count). The molecule has 0 fully saturated rings. The number of halogens is 1. The van der Waals surface area contributed by atoms with Gasteiger partial charge in [0.2, 0.25) is 5.95 Å². The maximum absolute atomic E-state index is 12.3. The van der Waals surface area contributed by atoms with Crippen molar-refractivity contribution in [2.24, 2.45) is 0 Å². The summed E-state index contributed by atoms with van der Waals surface area (Å²) in [6, 6.07) is 24.3. The van der Waals surface area contributed by atoms with Crippen LogP contribution in [-0.4, -0.2) is 48.0 Å². The summed E-state index contributed by atoms with van der Waals surface area (Å²) in [6.07, 6.45) is 2.55. The van der Waals surface area contributed by atoms with E-state index in [4.69, 9.17) is 11.6 Å². The van der Waals surface area contributed by atoms with Crippen LogP contribution in [0.15, 0.2) is 79.0 Å². The Morgan fingerprint density at radius 1 is 1.03 bits per heavy atom. The summed E-state index contributed by atoms with van der Waals surface area (Å²) < 4.78 is 0. The van der Waals surface area contributed by atoms with Gasteiger partial charge in [-0.05, 0) is 54.4 Å². The highest BCUT2D eigenvalue weighted by Crippen LogP contribution is 2.34. The van der Waals surface area contributed by atoms with E-state index in [1.165, 1.54) is 16.7 Å². The minimum absolute atomic E-state index is 0.199. The van der Waals surface area contributed by atoms with E-state index in [1.54, 1.807) is 19.3 Å². The van der Waals surface area contributed by atoms with Gasteiger partial charge in [-0.15, -0.1) is 0 Å². The van der Waals surface area contributed by atoms with Gasteiger partial charge in [0.15, 0.2) is 5.82 Å². The molecule has 0 radical (unpaired) electrons. The van der Waals surface area contributed by atoms with E-state index in [0.717, 1.165) is 25.2 Å². The van der Waals surface area contributed by atoms with Gasteiger partial charge in [-0.1, -0.05) is 60.1 Å².